The van der Waals surface area contributed by atoms with Crippen LogP contribution in [0.25, 0.3) is 0 Å². The Bertz CT molecular complexity index is 1180. The second kappa shape index (κ2) is 9.61. The van der Waals surface area contributed by atoms with Gasteiger partial charge in [0.15, 0.2) is 0 Å². The van der Waals surface area contributed by atoms with E-state index in [1.165, 1.54) is 6.42 Å². The van der Waals surface area contributed by atoms with Crippen molar-refractivity contribution < 1.29 is 0 Å². The Morgan fingerprint density at radius 3 is 0.907 bits per heavy atom. The molecule has 0 radical (unpaired) electrons. The van der Waals surface area contributed by atoms with Gasteiger partial charge in [0.05, 0.1) is 9.79 Å². The van der Waals surface area contributed by atoms with Gasteiger partial charge in [0.2, 0.25) is 0 Å². The van der Waals surface area contributed by atoms with Gasteiger partial charge in [0.1, 0.15) is 0 Å². The molecule has 6 heterocycles. The van der Waals surface area contributed by atoms with Crippen LogP contribution in [0.5, 0.6) is 0 Å². The SMILES string of the molecule is CC(C)(C)C1=PC2(C(C)(C)C)P=C(C(C)(C)C)P1[C@@H]1C3CC([C@@H]4[C@H]3P3C(C(C)(C)C)=PC4(C(C)(C)C)P=C3C(C)(C)C)[C@@H]12. The van der Waals surface area contributed by atoms with Crippen LogP contribution in [0.2, 0.25) is 0 Å². The van der Waals surface area contributed by atoms with Crippen molar-refractivity contribution in [1.29, 1.82) is 0 Å². The van der Waals surface area contributed by atoms with Crippen molar-refractivity contribution in [3.63, 3.8) is 0 Å². The van der Waals surface area contributed by atoms with Crippen LogP contribution in [0.15, 0.2) is 0 Å². The van der Waals surface area contributed by atoms with Crippen molar-refractivity contribution in [1.82, 2.24) is 0 Å². The Kier molecular flexibility index (Phi) is 7.69. The number of hydrogen-bond donors (Lipinski definition) is 0. The summed E-state index contributed by atoms with van der Waals surface area (Å²) in [5.41, 5.74) is 3.57. The van der Waals surface area contributed by atoms with Gasteiger partial charge in [0, 0.05) is 0 Å². The van der Waals surface area contributed by atoms with Crippen LogP contribution < -0.4 is 0 Å². The van der Waals surface area contributed by atoms with Crippen LogP contribution in [-0.2, 0) is 0 Å². The summed E-state index contributed by atoms with van der Waals surface area (Å²) in [5.74, 6) is 3.64. The Hall–Kier alpha value is 1.54. The predicted octanol–water partition coefficient (Wildman–Crippen LogP) is 13.6. The molecule has 6 atom stereocenters. The average Bonchev–Trinajstić information content (AvgIpc) is 3.40. The second-order valence-electron chi connectivity index (χ2n) is 21.0. The topological polar surface area (TPSA) is 0 Å². The highest BCUT2D eigenvalue weighted by Gasteiger charge is 2.77. The van der Waals surface area contributed by atoms with Crippen molar-refractivity contribution in [3.05, 3.63) is 0 Å². The molecule has 0 amide bonds. The van der Waals surface area contributed by atoms with Crippen LogP contribution in [0, 0.1) is 56.2 Å². The Morgan fingerprint density at radius 1 is 0.442 bits per heavy atom. The molecule has 2 saturated carbocycles. The van der Waals surface area contributed by atoms with E-state index in [1.807, 2.05) is 20.1 Å². The van der Waals surface area contributed by atoms with Crippen LogP contribution in [0.1, 0.15) is 131 Å². The molecule has 2 fully saturated rings. The summed E-state index contributed by atoms with van der Waals surface area (Å²) in [4.78, 5) is 0.711. The number of fused-ring (bicyclic) bond motifs is 2. The molecule has 2 aliphatic carbocycles. The minimum Gasteiger partial charge on any atom is -0.0827 e. The minimum atomic E-state index is -0.216. The molecule has 6 bridgehead atoms. The fraction of sp³-hybridized carbons (Fsp3) is 0.892. The third-order valence-electron chi connectivity index (χ3n) is 11.5. The van der Waals surface area contributed by atoms with Gasteiger partial charge in [-0.15, -0.1) is 0 Å². The highest BCUT2D eigenvalue weighted by molar-refractivity contribution is 8.07. The van der Waals surface area contributed by atoms with Crippen LogP contribution in [0.4, 0.5) is 0 Å². The van der Waals surface area contributed by atoms with Gasteiger partial charge in [-0.05, 0) is 110 Å². The smallest absolute Gasteiger partial charge is 0.0628 e. The van der Waals surface area contributed by atoms with Gasteiger partial charge in [-0.2, -0.15) is 0 Å². The molecule has 0 aromatic rings. The van der Waals surface area contributed by atoms with Crippen LogP contribution in [0.3, 0.4) is 0 Å². The van der Waals surface area contributed by atoms with Gasteiger partial charge in [-0.25, -0.2) is 0 Å². The third-order valence-corrected chi connectivity index (χ3v) is 32.4. The van der Waals surface area contributed by atoms with E-state index in [2.05, 4.69) is 125 Å². The van der Waals surface area contributed by atoms with Gasteiger partial charge >= 0.3 is 0 Å². The Labute approximate surface area is 276 Å². The Balaban J connectivity index is 1.66. The quantitative estimate of drug-likeness (QED) is 0.222. The molecular weight excluding hydrogens is 630 g/mol. The molecule has 240 valence electrons. The second-order valence-corrected chi connectivity index (χ2v) is 33.1. The summed E-state index contributed by atoms with van der Waals surface area (Å²) >= 11 is 0. The third kappa shape index (κ3) is 4.62. The van der Waals surface area contributed by atoms with E-state index in [0.717, 1.165) is 35.0 Å². The first-order valence-electron chi connectivity index (χ1n) is 17.1. The average molecular weight is 693 g/mol. The minimum absolute atomic E-state index is 0.216. The molecule has 6 aliphatic heterocycles. The summed E-state index contributed by atoms with van der Waals surface area (Å²) in [5, 5.41) is 7.90. The standard InChI is InChI=1S/C37H62P6/c1-30(2,3)26-38-36(34(13,14)15)22-20-19-21(24(22)42(26)27(39-36)31(4,5)6)25-23(20)37(35(16,17)18)40-28(32(7,8)9)43(25)29(41-37)33(10,11)12/h20-25H,19H2,1-18H3/t20?,21?,22-,23+,24+,25-,36?,37?,42?,43?. The number of hydrogen-bond acceptors (Lipinski definition) is 0. The summed E-state index contributed by atoms with van der Waals surface area (Å²) in [6, 6.07) is 0. The highest BCUT2D eigenvalue weighted by atomic mass is 31.2. The lowest BCUT2D eigenvalue weighted by atomic mass is 9.67. The van der Waals surface area contributed by atoms with E-state index in [-0.39, 0.29) is 37.5 Å². The molecule has 8 aliphatic rings. The lowest BCUT2D eigenvalue weighted by Crippen LogP contribution is -2.64. The highest BCUT2D eigenvalue weighted by Crippen LogP contribution is 2.89. The maximum Gasteiger partial charge on any atom is 0.0628 e. The fourth-order valence-electron chi connectivity index (χ4n) is 9.89. The van der Waals surface area contributed by atoms with Gasteiger partial charge in [-0.1, -0.05) is 157 Å². The maximum absolute atomic E-state index is 2.65. The zero-order valence-corrected chi connectivity index (χ0v) is 36.2. The zero-order chi connectivity index (χ0) is 32.5. The van der Waals surface area contributed by atoms with Crippen LogP contribution in [-0.4, -0.2) is 41.3 Å². The van der Waals surface area contributed by atoms with E-state index in [9.17, 15) is 0 Å². The van der Waals surface area contributed by atoms with Crippen LogP contribution >= 0.6 is 48.7 Å². The first-order valence-corrected chi connectivity index (χ1v) is 23.5. The Morgan fingerprint density at radius 2 is 0.698 bits per heavy atom. The summed E-state index contributed by atoms with van der Waals surface area (Å²) in [6.07, 6.45) is 1.54. The molecule has 43 heavy (non-hydrogen) atoms. The van der Waals surface area contributed by atoms with Gasteiger partial charge < -0.3 is 0 Å². The monoisotopic (exact) mass is 692 g/mol. The molecule has 2 unspecified atom stereocenters. The lowest BCUT2D eigenvalue weighted by molar-refractivity contribution is 0.133. The van der Waals surface area contributed by atoms with E-state index in [4.69, 9.17) is 0 Å². The van der Waals surface area contributed by atoms with Gasteiger partial charge in [0.25, 0.3) is 0 Å². The van der Waals surface area contributed by atoms with E-state index in [0.29, 0.717) is 20.6 Å². The van der Waals surface area contributed by atoms with E-state index < -0.39 is 0 Å². The molecule has 0 aromatic heterocycles. The maximum atomic E-state index is 2.65. The molecule has 0 N–H and O–H groups in total. The van der Waals surface area contributed by atoms with Crippen molar-refractivity contribution in [3.8, 4) is 0 Å². The first kappa shape index (κ1) is 34.4. The number of rotatable bonds is 0. The van der Waals surface area contributed by atoms with Gasteiger partial charge in [-0.3, -0.25) is 0 Å². The van der Waals surface area contributed by atoms with E-state index >= 15 is 0 Å². The largest absolute Gasteiger partial charge is 0.0827 e. The molecule has 6 heteroatoms. The molecule has 8 rings (SSSR count). The molecule has 0 spiro atoms. The summed E-state index contributed by atoms with van der Waals surface area (Å²) < 4.78 is 0. The fourth-order valence-corrected chi connectivity index (χ4v) is 33.2. The summed E-state index contributed by atoms with van der Waals surface area (Å²) in [6.45, 7) is 46.8. The van der Waals surface area contributed by atoms with Crippen molar-refractivity contribution in [2.45, 2.75) is 152 Å². The zero-order valence-electron chi connectivity index (χ0n) is 30.9. The molecule has 0 aromatic carbocycles. The first-order chi connectivity index (χ1) is 19.1. The predicted molar refractivity (Wildman–Crippen MR) is 210 cm³/mol. The normalized spacial score (nSPS) is 43.9. The van der Waals surface area contributed by atoms with E-state index in [1.54, 1.807) is 32.8 Å². The lowest BCUT2D eigenvalue weighted by Gasteiger charge is -2.68. The summed E-state index contributed by atoms with van der Waals surface area (Å²) in [7, 11) is 6.59. The van der Waals surface area contributed by atoms with Crippen molar-refractivity contribution in [2.75, 3.05) is 0 Å². The molecule has 0 nitrogen and oxygen atoms in total. The molecule has 0 saturated heterocycles. The van der Waals surface area contributed by atoms with Crippen molar-refractivity contribution >= 4 is 68.8 Å². The molecular formula is C37H62P6. The van der Waals surface area contributed by atoms with Crippen molar-refractivity contribution in [2.24, 2.45) is 56.2 Å².